The van der Waals surface area contributed by atoms with E-state index in [0.717, 1.165) is 31.2 Å². The van der Waals surface area contributed by atoms with Crippen molar-refractivity contribution in [2.24, 2.45) is 5.92 Å². The first kappa shape index (κ1) is 14.1. The molecule has 0 aliphatic heterocycles. The summed E-state index contributed by atoms with van der Waals surface area (Å²) in [6, 6.07) is 5.90. The fourth-order valence-electron chi connectivity index (χ4n) is 1.85. The molecule has 2 rings (SSSR count). The zero-order valence-corrected chi connectivity index (χ0v) is 12.1. The summed E-state index contributed by atoms with van der Waals surface area (Å²) in [5, 5.41) is 4.63. The van der Waals surface area contributed by atoms with Gasteiger partial charge in [0.15, 0.2) is 0 Å². The van der Waals surface area contributed by atoms with E-state index in [1.54, 1.807) is 6.07 Å². The molecule has 0 spiro atoms. The van der Waals surface area contributed by atoms with Crippen molar-refractivity contribution in [2.45, 2.75) is 25.8 Å². The molecule has 1 N–H and O–H groups in total. The van der Waals surface area contributed by atoms with Gasteiger partial charge in [0.05, 0.1) is 16.7 Å². The van der Waals surface area contributed by atoms with Gasteiger partial charge in [-0.2, -0.15) is 0 Å². The van der Waals surface area contributed by atoms with E-state index in [1.807, 2.05) is 12.1 Å². The summed E-state index contributed by atoms with van der Waals surface area (Å²) in [4.78, 5) is 0. The molecule has 100 valence electrons. The maximum absolute atomic E-state index is 6.17. The van der Waals surface area contributed by atoms with E-state index in [0.29, 0.717) is 10.0 Å². The highest BCUT2D eigenvalue weighted by Gasteiger charge is 2.20. The molecule has 0 saturated heterocycles. The molecule has 0 bridgehead atoms. The Morgan fingerprint density at radius 2 is 2.17 bits per heavy atom. The fourth-order valence-corrected chi connectivity index (χ4v) is 2.32. The number of halogens is 2. The Morgan fingerprint density at radius 1 is 1.39 bits per heavy atom. The lowest BCUT2D eigenvalue weighted by Crippen LogP contribution is -2.23. The molecule has 1 aliphatic carbocycles. The largest absolute Gasteiger partial charge is 0.380 e. The predicted molar refractivity (Wildman–Crippen MR) is 76.4 cm³/mol. The topological polar surface area (TPSA) is 21.3 Å². The second-order valence-corrected chi connectivity index (χ2v) is 5.62. The molecular weight excluding hydrogens is 269 g/mol. The van der Waals surface area contributed by atoms with Gasteiger partial charge in [-0.25, -0.2) is 0 Å². The first-order valence-corrected chi connectivity index (χ1v) is 7.19. The highest BCUT2D eigenvalue weighted by atomic mass is 35.5. The van der Waals surface area contributed by atoms with Crippen LogP contribution in [0.3, 0.4) is 0 Å². The van der Waals surface area contributed by atoms with Crippen LogP contribution in [0.5, 0.6) is 0 Å². The second kappa shape index (κ2) is 6.76. The van der Waals surface area contributed by atoms with Crippen molar-refractivity contribution in [3.63, 3.8) is 0 Å². The van der Waals surface area contributed by atoms with Crippen molar-refractivity contribution in [3.05, 3.63) is 33.8 Å². The summed E-state index contributed by atoms with van der Waals surface area (Å²) in [6.07, 6.45) is 2.67. The molecule has 0 radical (unpaired) electrons. The number of benzene rings is 1. The predicted octanol–water partition coefficient (Wildman–Crippen LogP) is 4.07. The van der Waals surface area contributed by atoms with Gasteiger partial charge in [0.2, 0.25) is 0 Å². The van der Waals surface area contributed by atoms with E-state index in [-0.39, 0.29) is 6.04 Å². The Balaban J connectivity index is 1.72. The summed E-state index contributed by atoms with van der Waals surface area (Å²) in [6.45, 7) is 4.57. The third-order valence-corrected chi connectivity index (χ3v) is 4.03. The van der Waals surface area contributed by atoms with Crippen LogP contribution in [0.2, 0.25) is 10.0 Å². The number of ether oxygens (including phenoxy) is 1. The van der Waals surface area contributed by atoms with Gasteiger partial charge in [-0.1, -0.05) is 35.3 Å². The molecule has 2 nitrogen and oxygen atoms in total. The maximum Gasteiger partial charge on any atom is 0.0639 e. The van der Waals surface area contributed by atoms with Crippen molar-refractivity contribution in [2.75, 3.05) is 19.8 Å². The Labute approximate surface area is 119 Å². The zero-order chi connectivity index (χ0) is 13.0. The third-order valence-electron chi connectivity index (χ3n) is 3.20. The van der Waals surface area contributed by atoms with E-state index < -0.39 is 0 Å². The Morgan fingerprint density at radius 3 is 2.89 bits per heavy atom. The van der Waals surface area contributed by atoms with Crippen LogP contribution in [0, 0.1) is 5.92 Å². The molecule has 1 aromatic carbocycles. The van der Waals surface area contributed by atoms with Crippen LogP contribution in [0.1, 0.15) is 31.4 Å². The SMILES string of the molecule is CC(NCCOCC1CC1)c1cccc(Cl)c1Cl. The minimum atomic E-state index is 0.181. The molecule has 4 heteroatoms. The minimum absolute atomic E-state index is 0.181. The van der Waals surface area contributed by atoms with Crippen LogP contribution in [0.25, 0.3) is 0 Å². The second-order valence-electron chi connectivity index (χ2n) is 4.84. The Hall–Kier alpha value is -0.280. The van der Waals surface area contributed by atoms with Crippen molar-refractivity contribution in [3.8, 4) is 0 Å². The maximum atomic E-state index is 6.17. The van der Waals surface area contributed by atoms with Gasteiger partial charge >= 0.3 is 0 Å². The molecule has 1 aliphatic rings. The summed E-state index contributed by atoms with van der Waals surface area (Å²) in [7, 11) is 0. The van der Waals surface area contributed by atoms with Gasteiger partial charge in [-0.05, 0) is 37.3 Å². The lowest BCUT2D eigenvalue weighted by atomic mass is 10.1. The van der Waals surface area contributed by atoms with Gasteiger partial charge in [0.25, 0.3) is 0 Å². The first-order chi connectivity index (χ1) is 8.68. The zero-order valence-electron chi connectivity index (χ0n) is 10.6. The number of nitrogens with one attached hydrogen (secondary N) is 1. The van der Waals surface area contributed by atoms with Crippen molar-refractivity contribution < 1.29 is 4.74 Å². The van der Waals surface area contributed by atoms with E-state index >= 15 is 0 Å². The average molecular weight is 288 g/mol. The van der Waals surface area contributed by atoms with Crippen LogP contribution in [-0.4, -0.2) is 19.8 Å². The summed E-state index contributed by atoms with van der Waals surface area (Å²) < 4.78 is 5.58. The van der Waals surface area contributed by atoms with E-state index in [2.05, 4.69) is 12.2 Å². The minimum Gasteiger partial charge on any atom is -0.380 e. The van der Waals surface area contributed by atoms with Gasteiger partial charge in [0.1, 0.15) is 0 Å². The molecule has 0 amide bonds. The third kappa shape index (κ3) is 4.13. The number of rotatable bonds is 7. The average Bonchev–Trinajstić information content (AvgIpc) is 3.16. The monoisotopic (exact) mass is 287 g/mol. The standard InChI is InChI=1S/C14H19Cl2NO/c1-10(12-3-2-4-13(15)14(12)16)17-7-8-18-9-11-5-6-11/h2-4,10-11,17H,5-9H2,1H3. The quantitative estimate of drug-likeness (QED) is 0.764. The molecule has 1 unspecified atom stereocenters. The van der Waals surface area contributed by atoms with Crippen molar-refractivity contribution in [1.29, 1.82) is 0 Å². The summed E-state index contributed by atoms with van der Waals surface area (Å²) >= 11 is 12.2. The fraction of sp³-hybridized carbons (Fsp3) is 0.571. The molecule has 1 saturated carbocycles. The van der Waals surface area contributed by atoms with Gasteiger partial charge in [-0.3, -0.25) is 0 Å². The molecule has 18 heavy (non-hydrogen) atoms. The summed E-state index contributed by atoms with van der Waals surface area (Å²) in [5.41, 5.74) is 1.03. The molecule has 1 fully saturated rings. The molecule has 1 aromatic rings. The highest BCUT2D eigenvalue weighted by Crippen LogP contribution is 2.30. The lowest BCUT2D eigenvalue weighted by molar-refractivity contribution is 0.124. The van der Waals surface area contributed by atoms with Gasteiger partial charge in [-0.15, -0.1) is 0 Å². The Kier molecular flexibility index (Phi) is 5.31. The van der Waals surface area contributed by atoms with Crippen molar-refractivity contribution >= 4 is 23.2 Å². The van der Waals surface area contributed by atoms with E-state index in [4.69, 9.17) is 27.9 Å². The smallest absolute Gasteiger partial charge is 0.0639 e. The molecule has 0 heterocycles. The number of hydrogen-bond donors (Lipinski definition) is 1. The lowest BCUT2D eigenvalue weighted by Gasteiger charge is -2.16. The normalized spacial score (nSPS) is 16.8. The molecule has 0 aromatic heterocycles. The number of hydrogen-bond acceptors (Lipinski definition) is 2. The van der Waals surface area contributed by atoms with Gasteiger partial charge in [0, 0.05) is 19.2 Å². The van der Waals surface area contributed by atoms with Crippen LogP contribution in [0.15, 0.2) is 18.2 Å². The van der Waals surface area contributed by atoms with Crippen molar-refractivity contribution in [1.82, 2.24) is 5.32 Å². The van der Waals surface area contributed by atoms with E-state index in [9.17, 15) is 0 Å². The van der Waals surface area contributed by atoms with E-state index in [1.165, 1.54) is 12.8 Å². The van der Waals surface area contributed by atoms with Crippen LogP contribution in [0.4, 0.5) is 0 Å². The molecular formula is C14H19Cl2NO. The first-order valence-electron chi connectivity index (χ1n) is 6.43. The summed E-state index contributed by atoms with van der Waals surface area (Å²) in [5.74, 6) is 0.824. The van der Waals surface area contributed by atoms with Crippen LogP contribution < -0.4 is 5.32 Å². The highest BCUT2D eigenvalue weighted by molar-refractivity contribution is 6.42. The molecule has 1 atom stereocenters. The van der Waals surface area contributed by atoms with Crippen LogP contribution in [-0.2, 0) is 4.74 Å². The van der Waals surface area contributed by atoms with Gasteiger partial charge < -0.3 is 10.1 Å². The Bertz CT molecular complexity index is 393. The van der Waals surface area contributed by atoms with Crippen LogP contribution >= 0.6 is 23.2 Å².